The van der Waals surface area contributed by atoms with Crippen molar-refractivity contribution in [2.75, 3.05) is 20.2 Å². The molecule has 2 atom stereocenters. The summed E-state index contributed by atoms with van der Waals surface area (Å²) in [5.74, 6) is 0.327. The van der Waals surface area contributed by atoms with Crippen molar-refractivity contribution in [3.8, 4) is 5.75 Å². The minimum absolute atomic E-state index is 0.0456. The Kier molecular flexibility index (Phi) is 6.29. The zero-order chi connectivity index (χ0) is 20.1. The molecule has 0 spiro atoms. The third-order valence-corrected chi connectivity index (χ3v) is 5.17. The summed E-state index contributed by atoms with van der Waals surface area (Å²) in [5.41, 5.74) is 1.96. The molecule has 1 aromatic heterocycles. The Balaban J connectivity index is 1.79. The van der Waals surface area contributed by atoms with Crippen molar-refractivity contribution >= 4 is 11.8 Å². The van der Waals surface area contributed by atoms with Gasteiger partial charge in [0.25, 0.3) is 0 Å². The van der Waals surface area contributed by atoms with Gasteiger partial charge in [-0.05, 0) is 29.3 Å². The zero-order valence-corrected chi connectivity index (χ0v) is 16.6. The van der Waals surface area contributed by atoms with E-state index in [1.54, 1.807) is 19.5 Å². The van der Waals surface area contributed by atoms with Gasteiger partial charge in [0.05, 0.1) is 13.0 Å². The topological polar surface area (TPSA) is 71.5 Å². The number of rotatable bonds is 6. The van der Waals surface area contributed by atoms with Crippen LogP contribution in [0, 0.1) is 11.8 Å². The van der Waals surface area contributed by atoms with E-state index in [4.69, 9.17) is 4.74 Å². The van der Waals surface area contributed by atoms with E-state index >= 15 is 0 Å². The number of aromatic nitrogens is 1. The highest BCUT2D eigenvalue weighted by atomic mass is 16.5. The number of methoxy groups -OCH3 is 1. The maximum absolute atomic E-state index is 13.0. The van der Waals surface area contributed by atoms with Crippen LogP contribution in [0.3, 0.4) is 0 Å². The SMILES string of the molecule is COc1cccc(C2CN(C(=O)C(C)C)CC2C(=O)NCc2cccnc2)c1. The van der Waals surface area contributed by atoms with Gasteiger partial charge in [0.2, 0.25) is 11.8 Å². The molecule has 1 aliphatic rings. The van der Waals surface area contributed by atoms with Crippen LogP contribution in [-0.4, -0.2) is 41.9 Å². The molecule has 148 valence electrons. The lowest BCUT2D eigenvalue weighted by molar-refractivity contribution is -0.133. The van der Waals surface area contributed by atoms with Crippen molar-refractivity contribution in [2.45, 2.75) is 26.3 Å². The average Bonchev–Trinajstić information content (AvgIpc) is 3.17. The number of ether oxygens (including phenoxy) is 1. The average molecular weight is 381 g/mol. The summed E-state index contributed by atoms with van der Waals surface area (Å²) >= 11 is 0. The first-order valence-corrected chi connectivity index (χ1v) is 9.59. The highest BCUT2D eigenvalue weighted by Crippen LogP contribution is 2.35. The highest BCUT2D eigenvalue weighted by molar-refractivity contribution is 5.84. The van der Waals surface area contributed by atoms with Gasteiger partial charge in [-0.3, -0.25) is 14.6 Å². The van der Waals surface area contributed by atoms with E-state index in [0.717, 1.165) is 16.9 Å². The normalized spacial score (nSPS) is 18.9. The predicted octanol–water partition coefficient (Wildman–Crippen LogP) is 2.60. The van der Waals surface area contributed by atoms with Crippen LogP contribution in [0.4, 0.5) is 0 Å². The molecule has 1 N–H and O–H groups in total. The van der Waals surface area contributed by atoms with E-state index in [9.17, 15) is 9.59 Å². The molecule has 1 saturated heterocycles. The fourth-order valence-electron chi connectivity index (χ4n) is 3.65. The van der Waals surface area contributed by atoms with E-state index in [1.807, 2.05) is 55.1 Å². The van der Waals surface area contributed by atoms with Crippen LogP contribution >= 0.6 is 0 Å². The third kappa shape index (κ3) is 4.50. The number of likely N-dealkylation sites (tertiary alicyclic amines) is 1. The van der Waals surface area contributed by atoms with Gasteiger partial charge in [0.1, 0.15) is 5.75 Å². The second-order valence-corrected chi connectivity index (χ2v) is 7.47. The Bertz CT molecular complexity index is 823. The molecule has 6 heteroatoms. The van der Waals surface area contributed by atoms with Crippen molar-refractivity contribution in [3.63, 3.8) is 0 Å². The molecule has 6 nitrogen and oxygen atoms in total. The highest BCUT2D eigenvalue weighted by Gasteiger charge is 2.40. The molecule has 3 rings (SSSR count). The van der Waals surface area contributed by atoms with Crippen LogP contribution in [0.5, 0.6) is 5.75 Å². The van der Waals surface area contributed by atoms with Gasteiger partial charge in [-0.2, -0.15) is 0 Å². The lowest BCUT2D eigenvalue weighted by atomic mass is 9.88. The summed E-state index contributed by atoms with van der Waals surface area (Å²) in [7, 11) is 1.63. The van der Waals surface area contributed by atoms with Gasteiger partial charge in [-0.1, -0.05) is 32.0 Å². The Morgan fingerprint density at radius 2 is 2.07 bits per heavy atom. The summed E-state index contributed by atoms with van der Waals surface area (Å²) in [6.45, 7) is 5.16. The number of pyridine rings is 1. The number of carbonyl (C=O) groups is 2. The largest absolute Gasteiger partial charge is 0.497 e. The first-order chi connectivity index (χ1) is 13.5. The van der Waals surface area contributed by atoms with Crippen LogP contribution in [0.2, 0.25) is 0 Å². The standard InChI is InChI=1S/C22H27N3O3/c1-15(2)22(27)25-13-19(17-7-4-8-18(10-17)28-3)20(14-25)21(26)24-12-16-6-5-9-23-11-16/h4-11,15,19-20H,12-14H2,1-3H3,(H,24,26). The van der Waals surface area contributed by atoms with Crippen molar-refractivity contribution in [2.24, 2.45) is 11.8 Å². The van der Waals surface area contributed by atoms with Crippen LogP contribution in [0.25, 0.3) is 0 Å². The molecule has 0 radical (unpaired) electrons. The molecule has 1 aliphatic heterocycles. The Morgan fingerprint density at radius 1 is 1.25 bits per heavy atom. The van der Waals surface area contributed by atoms with Crippen molar-refractivity contribution in [3.05, 3.63) is 59.9 Å². The molecular weight excluding hydrogens is 354 g/mol. The number of hydrogen-bond acceptors (Lipinski definition) is 4. The molecule has 2 aromatic rings. The molecule has 2 heterocycles. The molecule has 0 aliphatic carbocycles. The second-order valence-electron chi connectivity index (χ2n) is 7.47. The fraction of sp³-hybridized carbons (Fsp3) is 0.409. The number of nitrogens with one attached hydrogen (secondary N) is 1. The Hall–Kier alpha value is -2.89. The molecule has 1 aromatic carbocycles. The smallest absolute Gasteiger partial charge is 0.225 e. The first kappa shape index (κ1) is 19.9. The minimum Gasteiger partial charge on any atom is -0.497 e. The summed E-state index contributed by atoms with van der Waals surface area (Å²) in [4.78, 5) is 31.4. The van der Waals surface area contributed by atoms with Crippen molar-refractivity contribution < 1.29 is 14.3 Å². The molecule has 1 fully saturated rings. The van der Waals surface area contributed by atoms with Gasteiger partial charge in [0, 0.05) is 43.9 Å². The molecule has 0 saturated carbocycles. The number of carbonyl (C=O) groups excluding carboxylic acids is 2. The van der Waals surface area contributed by atoms with E-state index < -0.39 is 0 Å². The van der Waals surface area contributed by atoms with Gasteiger partial charge < -0.3 is 15.0 Å². The fourth-order valence-corrected chi connectivity index (χ4v) is 3.65. The molecular formula is C22H27N3O3. The van der Waals surface area contributed by atoms with Crippen LogP contribution in [-0.2, 0) is 16.1 Å². The third-order valence-electron chi connectivity index (χ3n) is 5.17. The van der Waals surface area contributed by atoms with Crippen LogP contribution in [0.1, 0.15) is 30.9 Å². The monoisotopic (exact) mass is 381 g/mol. The molecule has 2 unspecified atom stereocenters. The summed E-state index contributed by atoms with van der Waals surface area (Å²) in [6.07, 6.45) is 3.44. The van der Waals surface area contributed by atoms with Gasteiger partial charge in [-0.15, -0.1) is 0 Å². The van der Waals surface area contributed by atoms with E-state index in [2.05, 4.69) is 10.3 Å². The minimum atomic E-state index is -0.300. The maximum atomic E-state index is 13.0. The van der Waals surface area contributed by atoms with Crippen molar-refractivity contribution in [1.82, 2.24) is 15.2 Å². The molecule has 0 bridgehead atoms. The predicted molar refractivity (Wildman–Crippen MR) is 107 cm³/mol. The molecule has 2 amide bonds. The number of nitrogens with zero attached hydrogens (tertiary/aromatic N) is 2. The molecule has 28 heavy (non-hydrogen) atoms. The van der Waals surface area contributed by atoms with Crippen molar-refractivity contribution in [1.29, 1.82) is 0 Å². The lowest BCUT2D eigenvalue weighted by Crippen LogP contribution is -2.36. The second kappa shape index (κ2) is 8.87. The van der Waals surface area contributed by atoms with Gasteiger partial charge >= 0.3 is 0 Å². The lowest BCUT2D eigenvalue weighted by Gasteiger charge is -2.19. The maximum Gasteiger partial charge on any atom is 0.225 e. The Labute approximate surface area is 165 Å². The van der Waals surface area contributed by atoms with Gasteiger partial charge in [0.15, 0.2) is 0 Å². The number of benzene rings is 1. The quantitative estimate of drug-likeness (QED) is 0.835. The van der Waals surface area contributed by atoms with E-state index in [1.165, 1.54) is 0 Å². The van der Waals surface area contributed by atoms with Crippen LogP contribution < -0.4 is 10.1 Å². The summed E-state index contributed by atoms with van der Waals surface area (Å²) in [6, 6.07) is 11.5. The summed E-state index contributed by atoms with van der Waals surface area (Å²) < 4.78 is 5.34. The van der Waals surface area contributed by atoms with E-state index in [-0.39, 0.29) is 29.6 Å². The Morgan fingerprint density at radius 3 is 2.75 bits per heavy atom. The number of amides is 2. The zero-order valence-electron chi connectivity index (χ0n) is 16.6. The first-order valence-electron chi connectivity index (χ1n) is 9.59. The summed E-state index contributed by atoms with van der Waals surface area (Å²) in [5, 5.41) is 3.01. The van der Waals surface area contributed by atoms with Gasteiger partial charge in [-0.25, -0.2) is 0 Å². The van der Waals surface area contributed by atoms with Crippen LogP contribution in [0.15, 0.2) is 48.8 Å². The van der Waals surface area contributed by atoms with E-state index in [0.29, 0.717) is 19.6 Å². The number of hydrogen-bond donors (Lipinski definition) is 1.